The van der Waals surface area contributed by atoms with Gasteiger partial charge in [0.05, 0.1) is 16.1 Å². The van der Waals surface area contributed by atoms with Crippen LogP contribution in [0.5, 0.6) is 11.5 Å². The van der Waals surface area contributed by atoms with Crippen LogP contribution in [0.1, 0.15) is 47.3 Å². The number of aryl methyl sites for hydroxylation is 2. The van der Waals surface area contributed by atoms with E-state index in [1.165, 1.54) is 5.56 Å². The number of hydrogen-bond donors (Lipinski definition) is 3. The number of hydrogen-bond acceptors (Lipinski definition) is 6. The highest BCUT2D eigenvalue weighted by atomic mass is 35.5. The summed E-state index contributed by atoms with van der Waals surface area (Å²) >= 11 is 6.54. The number of aromatic hydroxyl groups is 1. The van der Waals surface area contributed by atoms with Crippen LogP contribution in [0.2, 0.25) is 5.02 Å². The Morgan fingerprint density at radius 3 is 2.71 bits per heavy atom. The van der Waals surface area contributed by atoms with E-state index in [0.29, 0.717) is 22.2 Å². The molecule has 8 nitrogen and oxygen atoms in total. The Hall–Kier alpha value is -3.91. The highest BCUT2D eigenvalue weighted by Crippen LogP contribution is 2.36. The van der Waals surface area contributed by atoms with Crippen molar-refractivity contribution in [3.63, 3.8) is 0 Å². The lowest BCUT2D eigenvalue weighted by atomic mass is 9.95. The summed E-state index contributed by atoms with van der Waals surface area (Å²) in [4.78, 5) is 8.34. The fraction of sp³-hybridized carbons (Fsp3) is 0.231. The van der Waals surface area contributed by atoms with E-state index in [4.69, 9.17) is 21.3 Å². The minimum Gasteiger partial charge on any atom is -0.504 e. The van der Waals surface area contributed by atoms with Gasteiger partial charge < -0.3 is 14.8 Å². The maximum absolute atomic E-state index is 10.7. The molecule has 5 rings (SSSR count). The number of H-pyrrole nitrogens is 2. The molecule has 2 heterocycles. The van der Waals surface area contributed by atoms with Crippen LogP contribution in [0.4, 0.5) is 0 Å². The monoisotopic (exact) mass is 488 g/mol. The van der Waals surface area contributed by atoms with Gasteiger partial charge in [0.2, 0.25) is 5.82 Å². The Kier molecular flexibility index (Phi) is 6.13. The van der Waals surface area contributed by atoms with Gasteiger partial charge in [0.15, 0.2) is 11.5 Å². The summed E-state index contributed by atoms with van der Waals surface area (Å²) < 4.78 is 5.90. The van der Waals surface area contributed by atoms with Crippen molar-refractivity contribution in [1.29, 1.82) is 0 Å². The van der Waals surface area contributed by atoms with Gasteiger partial charge in [0.25, 0.3) is 0 Å². The standard InChI is InChI=1S/C26H25ClN6O2/c1-4-18(25-28-20-11-14(2)10-15(3)24(20)29-25)16-8-9-22(21(34)12-16)35-13-17-6-5-7-19(23(17)27)26-30-32-33-31-26/h5-12,18,34H,4,13H2,1-3H3,(H,28,29)(H,30,31,32,33). The predicted molar refractivity (Wildman–Crippen MR) is 135 cm³/mol. The normalized spacial score (nSPS) is 12.2. The van der Waals surface area contributed by atoms with Gasteiger partial charge >= 0.3 is 0 Å². The molecule has 0 saturated heterocycles. The Morgan fingerprint density at radius 2 is 1.97 bits per heavy atom. The molecular formula is C26H25ClN6O2. The van der Waals surface area contributed by atoms with Gasteiger partial charge in [0, 0.05) is 17.0 Å². The molecule has 0 radical (unpaired) electrons. The molecular weight excluding hydrogens is 464 g/mol. The number of halogens is 1. The van der Waals surface area contributed by atoms with Gasteiger partial charge in [0.1, 0.15) is 12.4 Å². The third-order valence-electron chi connectivity index (χ3n) is 6.11. The van der Waals surface area contributed by atoms with Crippen molar-refractivity contribution in [1.82, 2.24) is 30.6 Å². The number of aromatic amines is 2. The molecule has 178 valence electrons. The number of nitrogens with zero attached hydrogens (tertiary/aromatic N) is 4. The van der Waals surface area contributed by atoms with E-state index in [-0.39, 0.29) is 18.3 Å². The average molecular weight is 489 g/mol. The Morgan fingerprint density at radius 1 is 1.11 bits per heavy atom. The number of nitrogens with one attached hydrogen (secondary N) is 2. The Balaban J connectivity index is 1.37. The van der Waals surface area contributed by atoms with Crippen LogP contribution >= 0.6 is 11.6 Å². The first-order valence-electron chi connectivity index (χ1n) is 11.4. The summed E-state index contributed by atoms with van der Waals surface area (Å²) in [5.74, 6) is 1.75. The van der Waals surface area contributed by atoms with Gasteiger partial charge in [-0.1, -0.05) is 42.8 Å². The summed E-state index contributed by atoms with van der Waals surface area (Å²) in [7, 11) is 0. The van der Waals surface area contributed by atoms with Crippen LogP contribution in [0.3, 0.4) is 0 Å². The zero-order valence-electron chi connectivity index (χ0n) is 19.6. The number of phenolic OH excluding ortho intramolecular Hbond substituents is 1. The van der Waals surface area contributed by atoms with Gasteiger partial charge in [-0.25, -0.2) is 4.98 Å². The zero-order valence-corrected chi connectivity index (χ0v) is 20.4. The lowest BCUT2D eigenvalue weighted by Crippen LogP contribution is -2.03. The van der Waals surface area contributed by atoms with Gasteiger partial charge in [-0.3, -0.25) is 0 Å². The number of phenols is 1. The Bertz CT molecular complexity index is 1500. The van der Waals surface area contributed by atoms with Crippen molar-refractivity contribution >= 4 is 22.6 Å². The van der Waals surface area contributed by atoms with Gasteiger partial charge in [-0.15, -0.1) is 10.2 Å². The van der Waals surface area contributed by atoms with Crippen LogP contribution in [0.15, 0.2) is 48.5 Å². The number of aromatic nitrogens is 6. The molecule has 0 aliphatic rings. The summed E-state index contributed by atoms with van der Waals surface area (Å²) in [5.41, 5.74) is 6.71. The highest BCUT2D eigenvalue weighted by molar-refractivity contribution is 6.34. The second-order valence-electron chi connectivity index (χ2n) is 8.59. The lowest BCUT2D eigenvalue weighted by Gasteiger charge is -2.15. The van der Waals surface area contributed by atoms with E-state index in [1.54, 1.807) is 12.1 Å². The maximum Gasteiger partial charge on any atom is 0.206 e. The SMILES string of the molecule is CCC(c1ccc(OCc2cccc(-c3nn[nH]n3)c2Cl)c(O)c1)c1nc2c(C)cc(C)cc2[nH]1. The van der Waals surface area contributed by atoms with Crippen molar-refractivity contribution in [2.45, 2.75) is 39.7 Å². The smallest absolute Gasteiger partial charge is 0.206 e. The van der Waals surface area contributed by atoms with E-state index in [0.717, 1.165) is 40.0 Å². The molecule has 3 aromatic carbocycles. The second kappa shape index (κ2) is 9.38. The van der Waals surface area contributed by atoms with Crippen LogP contribution in [-0.4, -0.2) is 35.7 Å². The fourth-order valence-electron chi connectivity index (χ4n) is 4.41. The molecule has 0 fully saturated rings. The topological polar surface area (TPSA) is 113 Å². The molecule has 0 amide bonds. The zero-order chi connectivity index (χ0) is 24.5. The molecule has 0 aliphatic heterocycles. The molecule has 5 aromatic rings. The number of tetrazole rings is 1. The van der Waals surface area contributed by atoms with Gasteiger partial charge in [-0.2, -0.15) is 5.21 Å². The first-order chi connectivity index (χ1) is 16.9. The number of rotatable bonds is 7. The molecule has 0 spiro atoms. The van der Waals surface area contributed by atoms with Crippen LogP contribution in [0.25, 0.3) is 22.4 Å². The summed E-state index contributed by atoms with van der Waals surface area (Å²) in [6, 6.07) is 15.3. The molecule has 0 saturated carbocycles. The van der Waals surface area contributed by atoms with Crippen molar-refractivity contribution in [3.05, 3.63) is 81.6 Å². The maximum atomic E-state index is 10.7. The number of imidazole rings is 1. The van der Waals surface area contributed by atoms with Crippen molar-refractivity contribution in [3.8, 4) is 22.9 Å². The summed E-state index contributed by atoms with van der Waals surface area (Å²) in [6.07, 6.45) is 0.829. The average Bonchev–Trinajstić information content (AvgIpc) is 3.50. The molecule has 9 heteroatoms. The Labute approximate surface area is 207 Å². The quantitative estimate of drug-likeness (QED) is 0.265. The first kappa shape index (κ1) is 22.9. The van der Waals surface area contributed by atoms with Crippen LogP contribution < -0.4 is 4.74 Å². The second-order valence-corrected chi connectivity index (χ2v) is 8.97. The van der Waals surface area contributed by atoms with E-state index < -0.39 is 0 Å². The van der Waals surface area contributed by atoms with Crippen LogP contribution in [-0.2, 0) is 6.61 Å². The van der Waals surface area contributed by atoms with Crippen molar-refractivity contribution < 1.29 is 9.84 Å². The van der Waals surface area contributed by atoms with E-state index in [9.17, 15) is 5.11 Å². The first-order valence-corrected chi connectivity index (χ1v) is 11.8. The molecule has 1 unspecified atom stereocenters. The minimum absolute atomic E-state index is 0.0168. The van der Waals surface area contributed by atoms with E-state index in [2.05, 4.69) is 58.5 Å². The number of ether oxygens (including phenoxy) is 1. The minimum atomic E-state index is 0.0168. The third-order valence-corrected chi connectivity index (χ3v) is 6.56. The molecule has 35 heavy (non-hydrogen) atoms. The summed E-state index contributed by atoms with van der Waals surface area (Å²) in [5, 5.41) is 25.2. The highest BCUT2D eigenvalue weighted by Gasteiger charge is 2.19. The number of benzene rings is 3. The molecule has 3 N–H and O–H groups in total. The van der Waals surface area contributed by atoms with Crippen molar-refractivity contribution in [2.24, 2.45) is 0 Å². The van der Waals surface area contributed by atoms with E-state index in [1.807, 2.05) is 24.3 Å². The molecule has 0 aliphatic carbocycles. The van der Waals surface area contributed by atoms with E-state index >= 15 is 0 Å². The molecule has 1 atom stereocenters. The predicted octanol–water partition coefficient (Wildman–Crippen LogP) is 5.84. The number of fused-ring (bicyclic) bond motifs is 1. The third kappa shape index (κ3) is 4.44. The van der Waals surface area contributed by atoms with Gasteiger partial charge in [-0.05, 0) is 66.4 Å². The summed E-state index contributed by atoms with van der Waals surface area (Å²) in [6.45, 7) is 6.44. The van der Waals surface area contributed by atoms with Crippen molar-refractivity contribution in [2.75, 3.05) is 0 Å². The fourth-order valence-corrected chi connectivity index (χ4v) is 4.68. The lowest BCUT2D eigenvalue weighted by molar-refractivity contribution is 0.289. The largest absolute Gasteiger partial charge is 0.504 e. The van der Waals surface area contributed by atoms with Crippen LogP contribution in [0, 0.1) is 13.8 Å². The molecule has 2 aromatic heterocycles. The molecule has 0 bridgehead atoms.